The first kappa shape index (κ1) is 29.1. The first-order valence-electron chi connectivity index (χ1n) is 10.8. The molecular formula is C25H26BrCl2F3O2S2. The molecule has 0 aliphatic carbocycles. The van der Waals surface area contributed by atoms with Crippen molar-refractivity contribution < 1.29 is 23.0 Å². The molecule has 1 fully saturated rings. The maximum atomic E-state index is 14.9. The highest BCUT2D eigenvalue weighted by Crippen LogP contribution is 2.66. The summed E-state index contributed by atoms with van der Waals surface area (Å²) >= 11 is 17.9. The molecule has 2 aromatic rings. The minimum Gasteiger partial charge on any atom is -0.498 e. The van der Waals surface area contributed by atoms with Gasteiger partial charge >= 0.3 is 6.18 Å². The van der Waals surface area contributed by atoms with E-state index in [9.17, 15) is 18.3 Å². The zero-order valence-electron chi connectivity index (χ0n) is 19.6. The summed E-state index contributed by atoms with van der Waals surface area (Å²) in [5.74, 6) is 0.0727. The largest absolute Gasteiger partial charge is 0.498 e. The molecule has 1 aliphatic heterocycles. The number of hydrogen-bond acceptors (Lipinski definition) is 4. The van der Waals surface area contributed by atoms with Gasteiger partial charge in [-0.25, -0.2) is 0 Å². The van der Waals surface area contributed by atoms with E-state index in [1.54, 1.807) is 30.8 Å². The van der Waals surface area contributed by atoms with Crippen LogP contribution in [0, 0.1) is 0 Å². The number of ether oxygens (including phenoxy) is 1. The molecule has 3 rings (SSSR count). The normalized spacial score (nSPS) is 25.1. The summed E-state index contributed by atoms with van der Waals surface area (Å²) in [5, 5.41) is 11.1. The second-order valence-corrected chi connectivity index (χ2v) is 14.3. The summed E-state index contributed by atoms with van der Waals surface area (Å²) < 4.78 is 48.3. The maximum absolute atomic E-state index is 14.9. The average molecular weight is 630 g/mol. The standard InChI is InChI=1S/C25H26BrCl2F3O2S2/c1-6-33-14(2)21-23(32,15-7-8-20(19(26)11-15)34-22(3,4)5)13-24(35-21,25(29,30)31)16-9-17(27)12-18(28)10-16/h7-12,21,32H,2,6,13H2,1,3-5H3. The van der Waals surface area contributed by atoms with Crippen molar-refractivity contribution in [1.29, 1.82) is 0 Å². The molecule has 0 spiro atoms. The second-order valence-electron chi connectivity index (χ2n) is 9.34. The third kappa shape index (κ3) is 5.99. The quantitative estimate of drug-likeness (QED) is 0.255. The van der Waals surface area contributed by atoms with E-state index < -0.39 is 28.2 Å². The van der Waals surface area contributed by atoms with Crippen LogP contribution in [-0.4, -0.2) is 27.9 Å². The monoisotopic (exact) mass is 628 g/mol. The highest BCUT2D eigenvalue weighted by Gasteiger charge is 2.68. The highest BCUT2D eigenvalue weighted by molar-refractivity contribution is 9.10. The minimum atomic E-state index is -4.74. The van der Waals surface area contributed by atoms with Gasteiger partial charge in [-0.2, -0.15) is 13.2 Å². The summed E-state index contributed by atoms with van der Waals surface area (Å²) in [6, 6.07) is 9.03. The lowest BCUT2D eigenvalue weighted by molar-refractivity contribution is -0.172. The van der Waals surface area contributed by atoms with Crippen LogP contribution in [0.4, 0.5) is 13.2 Å². The molecule has 2 nitrogen and oxygen atoms in total. The first-order chi connectivity index (χ1) is 16.0. The van der Waals surface area contributed by atoms with Gasteiger partial charge in [0.05, 0.1) is 11.9 Å². The predicted molar refractivity (Wildman–Crippen MR) is 145 cm³/mol. The molecule has 0 radical (unpaired) electrons. The maximum Gasteiger partial charge on any atom is 0.407 e. The molecule has 35 heavy (non-hydrogen) atoms. The van der Waals surface area contributed by atoms with Gasteiger partial charge in [0.2, 0.25) is 0 Å². The molecule has 3 atom stereocenters. The summed E-state index contributed by atoms with van der Waals surface area (Å²) in [4.78, 5) is 0.916. The van der Waals surface area contributed by atoms with Crippen molar-refractivity contribution in [3.05, 3.63) is 74.4 Å². The van der Waals surface area contributed by atoms with Gasteiger partial charge in [0.1, 0.15) is 16.1 Å². The molecular weight excluding hydrogens is 604 g/mol. The lowest BCUT2D eigenvalue weighted by Crippen LogP contribution is -2.41. The Morgan fingerprint density at radius 3 is 2.26 bits per heavy atom. The van der Waals surface area contributed by atoms with Crippen LogP contribution in [0.3, 0.4) is 0 Å². The van der Waals surface area contributed by atoms with Crippen LogP contribution in [0.15, 0.2) is 58.1 Å². The molecule has 0 amide bonds. The van der Waals surface area contributed by atoms with E-state index in [1.165, 1.54) is 18.2 Å². The smallest absolute Gasteiger partial charge is 0.407 e. The molecule has 10 heteroatoms. The van der Waals surface area contributed by atoms with E-state index in [0.717, 1.165) is 4.90 Å². The molecule has 0 bridgehead atoms. The lowest BCUT2D eigenvalue weighted by Gasteiger charge is -2.33. The number of alkyl halides is 3. The topological polar surface area (TPSA) is 29.5 Å². The van der Waals surface area contributed by atoms with Crippen molar-refractivity contribution in [2.24, 2.45) is 0 Å². The molecule has 0 saturated carbocycles. The van der Waals surface area contributed by atoms with Gasteiger partial charge in [-0.1, -0.05) is 56.6 Å². The number of benzene rings is 2. The van der Waals surface area contributed by atoms with Crippen LogP contribution in [0.2, 0.25) is 10.0 Å². The van der Waals surface area contributed by atoms with Gasteiger partial charge in [0.15, 0.2) is 0 Å². The summed E-state index contributed by atoms with van der Waals surface area (Å²) in [5.41, 5.74) is -1.73. The Balaban J connectivity index is 2.20. The van der Waals surface area contributed by atoms with E-state index >= 15 is 0 Å². The summed E-state index contributed by atoms with van der Waals surface area (Å²) in [7, 11) is 0. The fourth-order valence-corrected chi connectivity index (χ4v) is 7.94. The van der Waals surface area contributed by atoms with Crippen molar-refractivity contribution in [1.82, 2.24) is 0 Å². The fourth-order valence-electron chi connectivity index (χ4n) is 4.13. The zero-order chi connectivity index (χ0) is 26.4. The molecule has 0 aromatic heterocycles. The van der Waals surface area contributed by atoms with E-state index in [-0.39, 0.29) is 32.7 Å². The Bertz CT molecular complexity index is 1100. The third-order valence-electron chi connectivity index (χ3n) is 5.53. The van der Waals surface area contributed by atoms with E-state index in [2.05, 4.69) is 43.3 Å². The Kier molecular flexibility index (Phi) is 8.58. The highest BCUT2D eigenvalue weighted by atomic mass is 79.9. The Morgan fingerprint density at radius 2 is 1.77 bits per heavy atom. The fraction of sp³-hybridized carbons (Fsp3) is 0.440. The van der Waals surface area contributed by atoms with Gasteiger partial charge in [-0.3, -0.25) is 0 Å². The van der Waals surface area contributed by atoms with Crippen molar-refractivity contribution in [2.75, 3.05) is 6.61 Å². The molecule has 1 heterocycles. The predicted octanol–water partition coefficient (Wildman–Crippen LogP) is 9.35. The summed E-state index contributed by atoms with van der Waals surface area (Å²) in [6.45, 7) is 12.0. The van der Waals surface area contributed by atoms with Crippen LogP contribution >= 0.6 is 62.7 Å². The second kappa shape index (κ2) is 10.3. The molecule has 1 N–H and O–H groups in total. The van der Waals surface area contributed by atoms with Crippen molar-refractivity contribution in [3.63, 3.8) is 0 Å². The number of hydrogen-bond donors (Lipinski definition) is 1. The molecule has 1 aliphatic rings. The third-order valence-corrected chi connectivity index (χ3v) is 9.97. The van der Waals surface area contributed by atoms with E-state index in [0.29, 0.717) is 21.8 Å². The zero-order valence-corrected chi connectivity index (χ0v) is 24.3. The van der Waals surface area contributed by atoms with Crippen molar-refractivity contribution >= 4 is 62.7 Å². The number of thioether (sulfide) groups is 2. The Morgan fingerprint density at radius 1 is 1.17 bits per heavy atom. The Hall–Kier alpha value is -0.510. The average Bonchev–Trinajstić information content (AvgIpc) is 3.04. The van der Waals surface area contributed by atoms with Gasteiger partial charge in [-0.05, 0) is 64.3 Å². The van der Waals surface area contributed by atoms with E-state index in [4.69, 9.17) is 27.9 Å². The van der Waals surface area contributed by atoms with Crippen molar-refractivity contribution in [2.45, 2.75) is 65.5 Å². The van der Waals surface area contributed by atoms with Crippen LogP contribution in [0.1, 0.15) is 45.2 Å². The van der Waals surface area contributed by atoms with Crippen molar-refractivity contribution in [3.8, 4) is 0 Å². The molecule has 192 valence electrons. The van der Waals surface area contributed by atoms with Gasteiger partial charge in [-0.15, -0.1) is 23.5 Å². The van der Waals surface area contributed by atoms with Gasteiger partial charge in [0.25, 0.3) is 0 Å². The number of rotatable bonds is 6. The van der Waals surface area contributed by atoms with E-state index in [1.807, 2.05) is 6.07 Å². The minimum absolute atomic E-state index is 0.0727. The molecule has 3 unspecified atom stereocenters. The first-order valence-corrected chi connectivity index (χ1v) is 14.0. The Labute approximate surface area is 231 Å². The van der Waals surface area contributed by atoms with Crippen LogP contribution < -0.4 is 0 Å². The van der Waals surface area contributed by atoms with Crippen LogP contribution in [0.5, 0.6) is 0 Å². The summed E-state index contributed by atoms with van der Waals surface area (Å²) in [6.07, 6.45) is -5.40. The number of aliphatic hydroxyl groups is 1. The number of halogens is 6. The molecule has 1 saturated heterocycles. The van der Waals surface area contributed by atoms with Crippen LogP contribution in [-0.2, 0) is 15.1 Å². The van der Waals surface area contributed by atoms with Crippen LogP contribution in [0.25, 0.3) is 0 Å². The van der Waals surface area contributed by atoms with Gasteiger partial charge < -0.3 is 9.84 Å². The SMILES string of the molecule is C=C(OCC)C1SC(c2cc(Cl)cc(Cl)c2)(C(F)(F)F)CC1(O)c1ccc(SC(C)(C)C)c(Br)c1. The lowest BCUT2D eigenvalue weighted by atomic mass is 9.79. The van der Waals surface area contributed by atoms with Gasteiger partial charge in [0, 0.05) is 30.6 Å². The molecule has 2 aromatic carbocycles.